The lowest BCUT2D eigenvalue weighted by atomic mass is 9.95. The van der Waals surface area contributed by atoms with Crippen LogP contribution in [0.3, 0.4) is 0 Å². The molecule has 0 saturated carbocycles. The Kier molecular flexibility index (Phi) is 6.93. The maximum absolute atomic E-state index is 13.3. The smallest absolute Gasteiger partial charge is 0.323 e. The summed E-state index contributed by atoms with van der Waals surface area (Å²) in [4.78, 5) is 27.6. The van der Waals surface area contributed by atoms with Crippen LogP contribution < -0.4 is 0 Å². The van der Waals surface area contributed by atoms with Gasteiger partial charge < -0.3 is 10.0 Å². The van der Waals surface area contributed by atoms with Crippen molar-refractivity contribution in [1.29, 1.82) is 0 Å². The Balaban J connectivity index is 2.02. The van der Waals surface area contributed by atoms with Crippen molar-refractivity contribution in [2.24, 2.45) is 5.92 Å². The first-order chi connectivity index (χ1) is 11.9. The van der Waals surface area contributed by atoms with E-state index in [-0.39, 0.29) is 30.2 Å². The highest BCUT2D eigenvalue weighted by Gasteiger charge is 2.32. The molecule has 0 spiro atoms. The van der Waals surface area contributed by atoms with E-state index in [2.05, 4.69) is 4.90 Å². The van der Waals surface area contributed by atoms with Gasteiger partial charge in [-0.15, -0.1) is 0 Å². The van der Waals surface area contributed by atoms with Crippen LogP contribution in [0.25, 0.3) is 0 Å². The number of nitrogens with zero attached hydrogens (tertiary/aromatic N) is 2. The molecular weight excluding hydrogens is 323 g/mol. The number of carbonyl (C=O) groups excluding carboxylic acids is 1. The molecule has 1 amide bonds. The Morgan fingerprint density at radius 3 is 2.84 bits per heavy atom. The van der Waals surface area contributed by atoms with E-state index in [1.54, 1.807) is 6.07 Å². The van der Waals surface area contributed by atoms with E-state index < -0.39 is 5.97 Å². The van der Waals surface area contributed by atoms with Crippen molar-refractivity contribution in [2.45, 2.75) is 45.7 Å². The van der Waals surface area contributed by atoms with Gasteiger partial charge in [-0.25, -0.2) is 4.39 Å². The fourth-order valence-electron chi connectivity index (χ4n) is 3.35. The molecule has 5 nitrogen and oxygen atoms in total. The average Bonchev–Trinajstić information content (AvgIpc) is 2.58. The van der Waals surface area contributed by atoms with Crippen LogP contribution in [0.15, 0.2) is 24.3 Å². The van der Waals surface area contributed by atoms with Crippen LogP contribution in [-0.4, -0.2) is 52.5 Å². The molecule has 1 heterocycles. The van der Waals surface area contributed by atoms with Crippen molar-refractivity contribution in [2.75, 3.05) is 19.6 Å². The minimum Gasteiger partial charge on any atom is -0.480 e. The van der Waals surface area contributed by atoms with Crippen molar-refractivity contribution in [3.63, 3.8) is 0 Å². The number of carboxylic acid groups (broad SMARTS) is 1. The fourth-order valence-corrected chi connectivity index (χ4v) is 3.35. The predicted molar refractivity (Wildman–Crippen MR) is 93.5 cm³/mol. The molecule has 1 N–H and O–H groups in total. The van der Waals surface area contributed by atoms with E-state index in [4.69, 9.17) is 5.11 Å². The second-order valence-electron chi connectivity index (χ2n) is 6.82. The number of piperidine rings is 1. The second kappa shape index (κ2) is 8.94. The third kappa shape index (κ3) is 5.53. The zero-order chi connectivity index (χ0) is 18.4. The molecule has 1 aliphatic rings. The highest BCUT2D eigenvalue weighted by molar-refractivity contribution is 5.83. The van der Waals surface area contributed by atoms with Gasteiger partial charge in [0.25, 0.3) is 0 Å². The summed E-state index contributed by atoms with van der Waals surface area (Å²) in [5.74, 6) is -1.52. The topological polar surface area (TPSA) is 60.9 Å². The highest BCUT2D eigenvalue weighted by atomic mass is 19.1. The lowest BCUT2D eigenvalue weighted by Gasteiger charge is -2.36. The van der Waals surface area contributed by atoms with E-state index in [0.717, 1.165) is 31.4 Å². The molecule has 1 aromatic rings. The first-order valence-corrected chi connectivity index (χ1v) is 8.89. The number of benzene rings is 1. The molecule has 1 saturated heterocycles. The summed E-state index contributed by atoms with van der Waals surface area (Å²) in [6.45, 7) is 5.63. The standard InChI is InChI=1S/C19H27FN2O3/c1-3-14(2)22(13-18(23)24)19(25)16-7-5-9-21(12-16)11-15-6-4-8-17(20)10-15/h4,6,8,10,14,16H,3,5,7,9,11-13H2,1-2H3,(H,23,24)/t14-,16-/m0/s1. The first-order valence-electron chi connectivity index (χ1n) is 8.89. The van der Waals surface area contributed by atoms with Crippen molar-refractivity contribution < 1.29 is 19.1 Å². The van der Waals surface area contributed by atoms with Crippen LogP contribution in [0.1, 0.15) is 38.7 Å². The van der Waals surface area contributed by atoms with Crippen molar-refractivity contribution in [3.05, 3.63) is 35.6 Å². The number of aliphatic carboxylic acids is 1. The van der Waals surface area contributed by atoms with Gasteiger partial charge in [0.1, 0.15) is 12.4 Å². The summed E-state index contributed by atoms with van der Waals surface area (Å²) in [5.41, 5.74) is 0.886. The average molecular weight is 350 g/mol. The fraction of sp³-hybridized carbons (Fsp3) is 0.579. The van der Waals surface area contributed by atoms with Gasteiger partial charge in [-0.1, -0.05) is 19.1 Å². The van der Waals surface area contributed by atoms with Gasteiger partial charge in [-0.05, 0) is 50.4 Å². The van der Waals surface area contributed by atoms with E-state index in [1.165, 1.54) is 17.0 Å². The molecule has 0 radical (unpaired) electrons. The highest BCUT2D eigenvalue weighted by Crippen LogP contribution is 2.22. The van der Waals surface area contributed by atoms with Crippen molar-refractivity contribution in [1.82, 2.24) is 9.80 Å². The molecule has 0 unspecified atom stereocenters. The third-order valence-corrected chi connectivity index (χ3v) is 4.86. The molecule has 2 atom stereocenters. The van der Waals surface area contributed by atoms with E-state index >= 15 is 0 Å². The molecule has 1 aliphatic heterocycles. The molecule has 25 heavy (non-hydrogen) atoms. The Morgan fingerprint density at radius 1 is 1.44 bits per heavy atom. The third-order valence-electron chi connectivity index (χ3n) is 4.86. The van der Waals surface area contributed by atoms with Gasteiger partial charge in [0, 0.05) is 19.1 Å². The number of halogens is 1. The number of likely N-dealkylation sites (tertiary alicyclic amines) is 1. The number of rotatable bonds is 7. The van der Waals surface area contributed by atoms with Crippen LogP contribution >= 0.6 is 0 Å². The Morgan fingerprint density at radius 2 is 2.20 bits per heavy atom. The Hall–Kier alpha value is -1.95. The first kappa shape index (κ1) is 19.4. The summed E-state index contributed by atoms with van der Waals surface area (Å²) < 4.78 is 13.3. The monoisotopic (exact) mass is 350 g/mol. The number of hydrogen-bond donors (Lipinski definition) is 1. The summed E-state index contributed by atoms with van der Waals surface area (Å²) in [6, 6.07) is 6.41. The van der Waals surface area contributed by atoms with Gasteiger partial charge in [-0.3, -0.25) is 14.5 Å². The van der Waals surface area contributed by atoms with E-state index in [0.29, 0.717) is 13.1 Å². The van der Waals surface area contributed by atoms with E-state index in [1.807, 2.05) is 19.9 Å². The molecule has 138 valence electrons. The van der Waals surface area contributed by atoms with Gasteiger partial charge in [0.05, 0.1) is 5.92 Å². The van der Waals surface area contributed by atoms with Crippen LogP contribution in [-0.2, 0) is 16.1 Å². The quantitative estimate of drug-likeness (QED) is 0.821. The summed E-state index contributed by atoms with van der Waals surface area (Å²) in [5, 5.41) is 9.11. The number of amides is 1. The van der Waals surface area contributed by atoms with Gasteiger partial charge in [-0.2, -0.15) is 0 Å². The Labute approximate surface area is 148 Å². The van der Waals surface area contributed by atoms with Gasteiger partial charge >= 0.3 is 5.97 Å². The number of hydrogen-bond acceptors (Lipinski definition) is 3. The lowest BCUT2D eigenvalue weighted by Crippen LogP contribution is -2.49. The normalized spacial score (nSPS) is 19.4. The molecule has 0 aliphatic carbocycles. The van der Waals surface area contributed by atoms with Crippen LogP contribution in [0.4, 0.5) is 4.39 Å². The SMILES string of the molecule is CC[C@H](C)N(CC(=O)O)C(=O)[C@H]1CCCN(Cc2cccc(F)c2)C1. The van der Waals surface area contributed by atoms with Crippen LogP contribution in [0.5, 0.6) is 0 Å². The lowest BCUT2D eigenvalue weighted by molar-refractivity contribution is -0.149. The molecule has 2 rings (SSSR count). The van der Waals surface area contributed by atoms with Gasteiger partial charge in [0.15, 0.2) is 0 Å². The Bertz CT molecular complexity index is 608. The van der Waals surface area contributed by atoms with Crippen molar-refractivity contribution >= 4 is 11.9 Å². The minimum absolute atomic E-state index is 0.0827. The molecule has 6 heteroatoms. The summed E-state index contributed by atoms with van der Waals surface area (Å²) in [7, 11) is 0. The second-order valence-corrected chi connectivity index (χ2v) is 6.82. The molecular formula is C19H27FN2O3. The minimum atomic E-state index is -0.985. The molecule has 1 aromatic carbocycles. The zero-order valence-corrected chi connectivity index (χ0v) is 14.9. The van der Waals surface area contributed by atoms with Gasteiger partial charge in [0.2, 0.25) is 5.91 Å². The molecule has 0 bridgehead atoms. The van der Waals surface area contributed by atoms with Crippen LogP contribution in [0, 0.1) is 11.7 Å². The van der Waals surface area contributed by atoms with Crippen LogP contribution in [0.2, 0.25) is 0 Å². The predicted octanol–water partition coefficient (Wildman–Crippen LogP) is 2.75. The van der Waals surface area contributed by atoms with Crippen molar-refractivity contribution in [3.8, 4) is 0 Å². The largest absolute Gasteiger partial charge is 0.480 e. The molecule has 1 fully saturated rings. The number of carboxylic acids is 1. The maximum Gasteiger partial charge on any atom is 0.323 e. The maximum atomic E-state index is 13.3. The summed E-state index contributed by atoms with van der Waals surface area (Å²) >= 11 is 0. The summed E-state index contributed by atoms with van der Waals surface area (Å²) in [6.07, 6.45) is 2.37. The zero-order valence-electron chi connectivity index (χ0n) is 14.9. The number of carbonyl (C=O) groups is 2. The van der Waals surface area contributed by atoms with E-state index in [9.17, 15) is 14.0 Å². The molecule has 0 aromatic heterocycles.